The lowest BCUT2D eigenvalue weighted by Gasteiger charge is -2.12. The molecule has 0 saturated carbocycles. The maximum Gasteiger partial charge on any atom is 0.253 e. The fraction of sp³-hybridized carbons (Fsp3) is 0.500. The molecule has 1 aliphatic carbocycles. The molecule has 7 heteroatoms. The molecule has 0 aromatic carbocycles. The Balaban J connectivity index is 1.86. The molecule has 0 fully saturated rings. The fourth-order valence-corrected chi connectivity index (χ4v) is 5.64. The van der Waals surface area contributed by atoms with E-state index in [1.807, 2.05) is 29.9 Å². The number of aromatic nitrogens is 4. The molecule has 4 rings (SSSR count). The summed E-state index contributed by atoms with van der Waals surface area (Å²) in [5.74, 6) is 1.57. The van der Waals surface area contributed by atoms with Gasteiger partial charge in [0.25, 0.3) is 5.95 Å². The number of methoxy groups -OCH3 is 1. The molecule has 1 aliphatic rings. The zero-order valence-corrected chi connectivity index (χ0v) is 16.5. The molecule has 25 heavy (non-hydrogen) atoms. The Hall–Kier alpha value is -1.44. The Kier molecular flexibility index (Phi) is 4.80. The van der Waals surface area contributed by atoms with E-state index in [0.717, 1.165) is 40.0 Å². The molecule has 3 aromatic rings. The predicted octanol–water partition coefficient (Wildman–Crippen LogP) is 4.11. The summed E-state index contributed by atoms with van der Waals surface area (Å²) >= 11 is 3.60. The van der Waals surface area contributed by atoms with E-state index in [4.69, 9.17) is 14.7 Å². The molecule has 0 amide bonds. The third-order valence-corrected chi connectivity index (χ3v) is 6.62. The van der Waals surface area contributed by atoms with Gasteiger partial charge in [-0.25, -0.2) is 9.67 Å². The number of hydrogen-bond acceptors (Lipinski definition) is 6. The summed E-state index contributed by atoms with van der Waals surface area (Å²) in [4.78, 5) is 12.4. The van der Waals surface area contributed by atoms with Gasteiger partial charge in [0.2, 0.25) is 0 Å². The van der Waals surface area contributed by atoms with Crippen molar-refractivity contribution in [3.63, 3.8) is 0 Å². The maximum absolute atomic E-state index is 5.23. The van der Waals surface area contributed by atoms with Gasteiger partial charge in [-0.15, -0.1) is 23.1 Å². The van der Waals surface area contributed by atoms with Crippen LogP contribution < -0.4 is 0 Å². The Bertz CT molecular complexity index is 916. The van der Waals surface area contributed by atoms with Crippen LogP contribution in [0.4, 0.5) is 0 Å². The average Bonchev–Trinajstić information content (AvgIpc) is 3.14. The van der Waals surface area contributed by atoms with Crippen LogP contribution in [0.5, 0.6) is 0 Å². The minimum atomic E-state index is 0.677. The molecule has 5 nitrogen and oxygen atoms in total. The van der Waals surface area contributed by atoms with Gasteiger partial charge >= 0.3 is 0 Å². The fourth-order valence-electron chi connectivity index (χ4n) is 3.37. The van der Waals surface area contributed by atoms with Crippen LogP contribution in [-0.2, 0) is 17.6 Å². The van der Waals surface area contributed by atoms with Crippen molar-refractivity contribution in [1.82, 2.24) is 19.7 Å². The van der Waals surface area contributed by atoms with Crippen LogP contribution in [0.2, 0.25) is 0 Å². The lowest BCUT2D eigenvalue weighted by atomic mass is 9.97. The van der Waals surface area contributed by atoms with Crippen LogP contribution in [0.15, 0.2) is 11.1 Å². The number of aryl methyl sites for hydroxylation is 4. The quantitative estimate of drug-likeness (QED) is 0.382. The van der Waals surface area contributed by atoms with E-state index in [-0.39, 0.29) is 0 Å². The van der Waals surface area contributed by atoms with Crippen molar-refractivity contribution in [3.05, 3.63) is 27.9 Å². The lowest BCUT2D eigenvalue weighted by Crippen LogP contribution is -2.07. The molecule has 3 aromatic heterocycles. The van der Waals surface area contributed by atoms with Gasteiger partial charge in [-0.1, -0.05) is 0 Å². The van der Waals surface area contributed by atoms with E-state index in [1.54, 1.807) is 18.9 Å². The van der Waals surface area contributed by atoms with Gasteiger partial charge in [0.15, 0.2) is 0 Å². The van der Waals surface area contributed by atoms with Gasteiger partial charge < -0.3 is 4.74 Å². The summed E-state index contributed by atoms with van der Waals surface area (Å²) in [6.45, 7) is 4.77. The lowest BCUT2D eigenvalue weighted by molar-refractivity contribution is 0.218. The molecule has 0 aliphatic heterocycles. The number of hydrogen-bond donors (Lipinski definition) is 0. The van der Waals surface area contributed by atoms with Crippen molar-refractivity contribution in [2.75, 3.05) is 19.5 Å². The first-order chi connectivity index (χ1) is 12.2. The highest BCUT2D eigenvalue weighted by Gasteiger charge is 2.22. The van der Waals surface area contributed by atoms with Gasteiger partial charge in [0, 0.05) is 28.8 Å². The van der Waals surface area contributed by atoms with Gasteiger partial charge in [0.1, 0.15) is 9.86 Å². The van der Waals surface area contributed by atoms with Crippen molar-refractivity contribution < 1.29 is 4.74 Å². The van der Waals surface area contributed by atoms with Crippen molar-refractivity contribution in [2.24, 2.45) is 0 Å². The highest BCUT2D eigenvalue weighted by Crippen LogP contribution is 2.40. The second-order valence-electron chi connectivity index (χ2n) is 6.40. The van der Waals surface area contributed by atoms with E-state index in [0.29, 0.717) is 5.95 Å². The Morgan fingerprint density at radius 2 is 2.08 bits per heavy atom. The molecule has 3 heterocycles. The normalized spacial score (nSPS) is 14.2. The molecule has 0 unspecified atom stereocenters. The highest BCUT2D eigenvalue weighted by molar-refractivity contribution is 7.99. The summed E-state index contributed by atoms with van der Waals surface area (Å²) in [6, 6.07) is 2.06. The summed E-state index contributed by atoms with van der Waals surface area (Å²) in [5.41, 5.74) is 3.53. The van der Waals surface area contributed by atoms with Crippen LogP contribution in [0.3, 0.4) is 0 Å². The maximum atomic E-state index is 5.23. The average molecular weight is 375 g/mol. The second kappa shape index (κ2) is 7.05. The topological polar surface area (TPSA) is 52.8 Å². The van der Waals surface area contributed by atoms with E-state index in [2.05, 4.69) is 11.2 Å². The largest absolute Gasteiger partial charge is 0.384 e. The number of nitrogens with zero attached hydrogens (tertiary/aromatic N) is 4. The van der Waals surface area contributed by atoms with Crippen LogP contribution >= 0.6 is 23.1 Å². The van der Waals surface area contributed by atoms with E-state index < -0.39 is 0 Å². The minimum absolute atomic E-state index is 0.677. The first-order valence-corrected chi connectivity index (χ1v) is 10.4. The second-order valence-corrected chi connectivity index (χ2v) is 8.57. The minimum Gasteiger partial charge on any atom is -0.384 e. The van der Waals surface area contributed by atoms with Crippen molar-refractivity contribution >= 4 is 33.3 Å². The molecule has 0 atom stereocenters. The van der Waals surface area contributed by atoms with E-state index >= 15 is 0 Å². The molecule has 132 valence electrons. The highest BCUT2D eigenvalue weighted by atomic mass is 32.2. The van der Waals surface area contributed by atoms with E-state index in [1.165, 1.54) is 35.1 Å². The standard InChI is InChI=1S/C18H22N4OS2/c1-11-10-12(2)22(21-11)18-19-16(24-9-8-23-3)15-13-6-4-5-7-14(13)25-17(15)20-18/h10H,4-9H2,1-3H3. The first-order valence-electron chi connectivity index (χ1n) is 8.65. The Morgan fingerprint density at radius 3 is 2.84 bits per heavy atom. The molecule has 0 saturated heterocycles. The number of rotatable bonds is 5. The zero-order valence-electron chi connectivity index (χ0n) is 14.8. The Morgan fingerprint density at radius 1 is 1.24 bits per heavy atom. The summed E-state index contributed by atoms with van der Waals surface area (Å²) in [7, 11) is 1.74. The smallest absolute Gasteiger partial charge is 0.253 e. The molecular formula is C18H22N4OS2. The van der Waals surface area contributed by atoms with Crippen molar-refractivity contribution in [1.29, 1.82) is 0 Å². The molecule has 0 N–H and O–H groups in total. The van der Waals surface area contributed by atoms with Gasteiger partial charge in [-0.05, 0) is 51.2 Å². The number of fused-ring (bicyclic) bond motifs is 3. The van der Waals surface area contributed by atoms with E-state index in [9.17, 15) is 0 Å². The van der Waals surface area contributed by atoms with Crippen LogP contribution in [-0.4, -0.2) is 39.2 Å². The van der Waals surface area contributed by atoms with Crippen LogP contribution in [0, 0.1) is 13.8 Å². The zero-order chi connectivity index (χ0) is 17.4. The Labute approximate surface area is 155 Å². The van der Waals surface area contributed by atoms with Crippen LogP contribution in [0.1, 0.15) is 34.7 Å². The molecule has 0 spiro atoms. The van der Waals surface area contributed by atoms with Crippen LogP contribution in [0.25, 0.3) is 16.2 Å². The first kappa shape index (κ1) is 17.0. The number of thiophene rings is 1. The van der Waals surface area contributed by atoms with Crippen molar-refractivity contribution in [3.8, 4) is 5.95 Å². The predicted molar refractivity (Wildman–Crippen MR) is 103 cm³/mol. The number of thioether (sulfide) groups is 1. The van der Waals surface area contributed by atoms with Gasteiger partial charge in [0.05, 0.1) is 12.3 Å². The third kappa shape index (κ3) is 3.20. The third-order valence-electron chi connectivity index (χ3n) is 4.49. The monoisotopic (exact) mass is 374 g/mol. The number of ether oxygens (including phenoxy) is 1. The summed E-state index contributed by atoms with van der Waals surface area (Å²) < 4.78 is 7.08. The summed E-state index contributed by atoms with van der Waals surface area (Å²) in [5, 5.41) is 6.91. The molecular weight excluding hydrogens is 352 g/mol. The molecule has 0 radical (unpaired) electrons. The SMILES string of the molecule is COCCSc1nc(-n2nc(C)cc2C)nc2sc3c(c12)CCCC3. The van der Waals surface area contributed by atoms with Crippen molar-refractivity contribution in [2.45, 2.75) is 44.6 Å². The summed E-state index contributed by atoms with van der Waals surface area (Å²) in [6.07, 6.45) is 4.87. The molecule has 0 bridgehead atoms. The van der Waals surface area contributed by atoms with Gasteiger partial charge in [-0.2, -0.15) is 10.1 Å². The van der Waals surface area contributed by atoms with Gasteiger partial charge in [-0.3, -0.25) is 0 Å².